The minimum absolute atomic E-state index is 0.0665. The molecular formula is C19H19FN4O2S. The average molecular weight is 386 g/mol. The van der Waals surface area contributed by atoms with Crippen LogP contribution in [0.4, 0.5) is 10.1 Å². The van der Waals surface area contributed by atoms with Crippen molar-refractivity contribution < 1.29 is 14.0 Å². The quantitative estimate of drug-likeness (QED) is 0.555. The van der Waals surface area contributed by atoms with Crippen LogP contribution in [0.2, 0.25) is 0 Å². The van der Waals surface area contributed by atoms with E-state index in [0.717, 1.165) is 12.0 Å². The molecule has 0 aromatic heterocycles. The molecule has 0 radical (unpaired) electrons. The van der Waals surface area contributed by atoms with E-state index in [1.54, 1.807) is 35.2 Å². The first-order valence-electron chi connectivity index (χ1n) is 8.52. The van der Waals surface area contributed by atoms with E-state index < -0.39 is 0 Å². The van der Waals surface area contributed by atoms with Crippen molar-refractivity contribution in [3.05, 3.63) is 65.5 Å². The van der Waals surface area contributed by atoms with Crippen molar-refractivity contribution >= 4 is 34.8 Å². The lowest BCUT2D eigenvalue weighted by Crippen LogP contribution is -2.46. The lowest BCUT2D eigenvalue weighted by atomic mass is 10.2. The Bertz CT molecular complexity index is 857. The summed E-state index contributed by atoms with van der Waals surface area (Å²) in [6, 6.07) is 12.9. The Balaban J connectivity index is 1.50. The number of hydrogen-bond acceptors (Lipinski definition) is 3. The van der Waals surface area contributed by atoms with E-state index in [0.29, 0.717) is 30.8 Å². The van der Waals surface area contributed by atoms with Gasteiger partial charge in [0.05, 0.1) is 0 Å². The predicted molar refractivity (Wildman–Crippen MR) is 104 cm³/mol. The third kappa shape index (κ3) is 5.01. The van der Waals surface area contributed by atoms with Crippen LogP contribution in [0.15, 0.2) is 48.5 Å². The molecule has 3 rings (SSSR count). The molecule has 2 amide bonds. The van der Waals surface area contributed by atoms with E-state index >= 15 is 0 Å². The first-order valence-corrected chi connectivity index (χ1v) is 8.93. The van der Waals surface area contributed by atoms with E-state index in [2.05, 4.69) is 16.2 Å². The molecule has 1 aliphatic heterocycles. The Labute approximate surface area is 161 Å². The van der Waals surface area contributed by atoms with Crippen molar-refractivity contribution in [2.75, 3.05) is 11.4 Å². The van der Waals surface area contributed by atoms with Crippen LogP contribution in [0, 0.1) is 5.82 Å². The zero-order valence-electron chi connectivity index (χ0n) is 14.5. The van der Waals surface area contributed by atoms with Crippen LogP contribution < -0.4 is 21.1 Å². The summed E-state index contributed by atoms with van der Waals surface area (Å²) in [4.78, 5) is 25.8. The number of anilines is 1. The summed E-state index contributed by atoms with van der Waals surface area (Å²) in [5.74, 6) is -0.601. The summed E-state index contributed by atoms with van der Waals surface area (Å²) in [6.45, 7) is 1.06. The topological polar surface area (TPSA) is 73.5 Å². The number of halogens is 1. The molecular weight excluding hydrogens is 367 g/mol. The van der Waals surface area contributed by atoms with Crippen LogP contribution in [0.1, 0.15) is 28.8 Å². The number of rotatable bonds is 4. The molecule has 1 fully saturated rings. The molecule has 0 bridgehead atoms. The normalized spacial score (nSPS) is 13.4. The third-order valence-electron chi connectivity index (χ3n) is 4.15. The van der Waals surface area contributed by atoms with Crippen molar-refractivity contribution in [1.82, 2.24) is 16.2 Å². The van der Waals surface area contributed by atoms with Crippen LogP contribution in [-0.4, -0.2) is 23.5 Å². The zero-order chi connectivity index (χ0) is 19.2. The monoisotopic (exact) mass is 386 g/mol. The molecule has 2 aromatic carbocycles. The summed E-state index contributed by atoms with van der Waals surface area (Å²) >= 11 is 5.11. The van der Waals surface area contributed by atoms with Crippen molar-refractivity contribution in [2.45, 2.75) is 19.4 Å². The van der Waals surface area contributed by atoms with E-state index in [4.69, 9.17) is 12.2 Å². The highest BCUT2D eigenvalue weighted by atomic mass is 32.1. The lowest BCUT2D eigenvalue weighted by molar-refractivity contribution is -0.117. The lowest BCUT2D eigenvalue weighted by Gasteiger charge is -2.17. The maximum absolute atomic E-state index is 12.9. The Morgan fingerprint density at radius 2 is 1.93 bits per heavy atom. The fourth-order valence-corrected chi connectivity index (χ4v) is 2.87. The number of nitrogens with one attached hydrogen (secondary N) is 3. The van der Waals surface area contributed by atoms with Crippen molar-refractivity contribution in [3.8, 4) is 0 Å². The van der Waals surface area contributed by atoms with E-state index in [1.807, 2.05) is 6.07 Å². The first kappa shape index (κ1) is 18.8. The molecule has 1 aliphatic rings. The summed E-state index contributed by atoms with van der Waals surface area (Å²) in [7, 11) is 0. The van der Waals surface area contributed by atoms with Crippen LogP contribution in [0.5, 0.6) is 0 Å². The number of hydrazine groups is 1. The van der Waals surface area contributed by atoms with Gasteiger partial charge in [0.15, 0.2) is 5.11 Å². The molecule has 1 heterocycles. The Hall–Kier alpha value is -3.00. The van der Waals surface area contributed by atoms with Crippen LogP contribution in [-0.2, 0) is 11.3 Å². The highest BCUT2D eigenvalue weighted by molar-refractivity contribution is 7.80. The molecule has 0 unspecified atom stereocenters. The van der Waals surface area contributed by atoms with Crippen molar-refractivity contribution in [2.24, 2.45) is 0 Å². The van der Waals surface area contributed by atoms with Gasteiger partial charge in [-0.05, 0) is 54.5 Å². The van der Waals surface area contributed by atoms with E-state index in [-0.39, 0.29) is 22.7 Å². The van der Waals surface area contributed by atoms with Gasteiger partial charge in [-0.1, -0.05) is 18.2 Å². The van der Waals surface area contributed by atoms with Crippen LogP contribution >= 0.6 is 12.2 Å². The minimum Gasteiger partial charge on any atom is -0.357 e. The molecule has 1 saturated heterocycles. The van der Waals surface area contributed by atoms with Gasteiger partial charge in [0.25, 0.3) is 5.91 Å². The van der Waals surface area contributed by atoms with Gasteiger partial charge in [-0.25, -0.2) is 4.39 Å². The van der Waals surface area contributed by atoms with Gasteiger partial charge in [0.1, 0.15) is 5.82 Å². The maximum atomic E-state index is 12.9. The largest absolute Gasteiger partial charge is 0.357 e. The van der Waals surface area contributed by atoms with Gasteiger partial charge in [-0.2, -0.15) is 0 Å². The smallest absolute Gasteiger partial charge is 0.269 e. The Kier molecular flexibility index (Phi) is 5.97. The second-order valence-electron chi connectivity index (χ2n) is 6.09. The first-order chi connectivity index (χ1) is 13.0. The van der Waals surface area contributed by atoms with Gasteiger partial charge < -0.3 is 10.2 Å². The molecule has 0 saturated carbocycles. The maximum Gasteiger partial charge on any atom is 0.269 e. The molecule has 140 valence electrons. The summed E-state index contributed by atoms with van der Waals surface area (Å²) in [6.07, 6.45) is 1.36. The average Bonchev–Trinajstić information content (AvgIpc) is 3.11. The number of carbonyl (C=O) groups is 2. The number of carbonyl (C=O) groups excluding carboxylic acids is 2. The standard InChI is InChI=1S/C19H19FN4O2S/c20-15-8-6-13(7-9-15)12-21-19(27)23-22-18(26)14-3-1-4-16(11-14)24-10-2-5-17(24)25/h1,3-4,6-9,11H,2,5,10,12H2,(H,22,26)(H2,21,23,27). The fourth-order valence-electron chi connectivity index (χ4n) is 2.75. The zero-order valence-corrected chi connectivity index (χ0v) is 15.3. The highest BCUT2D eigenvalue weighted by Crippen LogP contribution is 2.22. The Morgan fingerprint density at radius 3 is 2.63 bits per heavy atom. The SMILES string of the molecule is O=C(NNC(=S)NCc1ccc(F)cc1)c1cccc(N2CCCC2=O)c1. The van der Waals surface area contributed by atoms with Gasteiger partial charge in [0, 0.05) is 30.8 Å². The van der Waals surface area contributed by atoms with E-state index in [1.165, 1.54) is 12.1 Å². The number of amides is 2. The molecule has 3 N–H and O–H groups in total. The van der Waals surface area contributed by atoms with E-state index in [9.17, 15) is 14.0 Å². The molecule has 0 aliphatic carbocycles. The van der Waals surface area contributed by atoms with Gasteiger partial charge in [0.2, 0.25) is 5.91 Å². The van der Waals surface area contributed by atoms with Crippen LogP contribution in [0.25, 0.3) is 0 Å². The third-order valence-corrected chi connectivity index (χ3v) is 4.40. The summed E-state index contributed by atoms with van der Waals surface area (Å²) < 4.78 is 12.9. The molecule has 0 atom stereocenters. The van der Waals surface area contributed by atoms with Gasteiger partial charge in [-0.3, -0.25) is 20.4 Å². The van der Waals surface area contributed by atoms with Crippen LogP contribution in [0.3, 0.4) is 0 Å². The molecule has 0 spiro atoms. The number of nitrogens with zero attached hydrogens (tertiary/aromatic N) is 1. The summed E-state index contributed by atoms with van der Waals surface area (Å²) in [5, 5.41) is 3.15. The molecule has 2 aromatic rings. The van der Waals surface area contributed by atoms with Crippen molar-refractivity contribution in [3.63, 3.8) is 0 Å². The second kappa shape index (κ2) is 8.59. The second-order valence-corrected chi connectivity index (χ2v) is 6.50. The van der Waals surface area contributed by atoms with Crippen molar-refractivity contribution in [1.29, 1.82) is 0 Å². The minimum atomic E-state index is -0.366. The molecule has 8 heteroatoms. The van der Waals surface area contributed by atoms with Gasteiger partial charge in [-0.15, -0.1) is 0 Å². The fraction of sp³-hybridized carbons (Fsp3) is 0.211. The Morgan fingerprint density at radius 1 is 1.15 bits per heavy atom. The molecule has 27 heavy (non-hydrogen) atoms. The number of hydrogen-bond donors (Lipinski definition) is 3. The summed E-state index contributed by atoms with van der Waals surface area (Å²) in [5.41, 5.74) is 7.13. The number of benzene rings is 2. The predicted octanol–water partition coefficient (Wildman–Crippen LogP) is 2.26. The highest BCUT2D eigenvalue weighted by Gasteiger charge is 2.22. The van der Waals surface area contributed by atoms with Gasteiger partial charge >= 0.3 is 0 Å². The number of thiocarbonyl (C=S) groups is 1. The molecule has 6 nitrogen and oxygen atoms in total.